The molecule has 1 aliphatic rings. The molecule has 58 valence electrons. The van der Waals surface area contributed by atoms with Gasteiger partial charge in [-0.3, -0.25) is 0 Å². The van der Waals surface area contributed by atoms with Crippen LogP contribution in [0.2, 0.25) is 0 Å². The lowest BCUT2D eigenvalue weighted by atomic mass is 10.1. The molecular formula is C6H9ClO2S. The molecule has 0 spiro atoms. The van der Waals surface area contributed by atoms with Gasteiger partial charge in [0.2, 0.25) is 0 Å². The summed E-state index contributed by atoms with van der Waals surface area (Å²) in [7, 11) is 0. The fourth-order valence-electron chi connectivity index (χ4n) is 0.937. The third-order valence-electron chi connectivity index (χ3n) is 1.53. The molecule has 1 aliphatic carbocycles. The van der Waals surface area contributed by atoms with Gasteiger partial charge in [-0.15, -0.1) is 11.6 Å². The lowest BCUT2D eigenvalue weighted by Gasteiger charge is -2.13. The number of allylic oxidation sites excluding steroid dienone is 2. The molecule has 0 saturated heterocycles. The highest BCUT2D eigenvalue weighted by atomic mass is 35.5. The van der Waals surface area contributed by atoms with Crippen molar-refractivity contribution in [1.82, 2.24) is 0 Å². The van der Waals surface area contributed by atoms with Gasteiger partial charge >= 0.3 is 0 Å². The zero-order valence-electron chi connectivity index (χ0n) is 5.42. The normalized spacial score (nSPS) is 29.4. The van der Waals surface area contributed by atoms with Crippen molar-refractivity contribution in [2.75, 3.05) is 0 Å². The molecule has 0 fully saturated rings. The molecule has 2 unspecified atom stereocenters. The first-order valence-electron chi connectivity index (χ1n) is 3.14. The van der Waals surface area contributed by atoms with Crippen molar-refractivity contribution in [2.45, 2.75) is 24.6 Å². The average molecular weight is 181 g/mol. The van der Waals surface area contributed by atoms with E-state index < -0.39 is 11.1 Å². The van der Waals surface area contributed by atoms with E-state index in [0.29, 0.717) is 11.3 Å². The maximum absolute atomic E-state index is 10.5. The summed E-state index contributed by atoms with van der Waals surface area (Å²) in [5.74, 6) is 0. The third-order valence-corrected chi connectivity index (χ3v) is 2.75. The van der Waals surface area contributed by atoms with Gasteiger partial charge < -0.3 is 4.55 Å². The molecule has 0 aromatic rings. The van der Waals surface area contributed by atoms with E-state index in [9.17, 15) is 4.21 Å². The largest absolute Gasteiger partial charge is 0.302 e. The van der Waals surface area contributed by atoms with Gasteiger partial charge in [0.05, 0.1) is 0 Å². The van der Waals surface area contributed by atoms with E-state index >= 15 is 0 Å². The van der Waals surface area contributed by atoms with E-state index in [1.807, 2.05) is 0 Å². The molecule has 2 atom stereocenters. The van der Waals surface area contributed by atoms with Crippen molar-refractivity contribution in [1.29, 1.82) is 0 Å². The van der Waals surface area contributed by atoms with Crippen molar-refractivity contribution >= 4 is 22.7 Å². The molecule has 1 N–H and O–H groups in total. The summed E-state index contributed by atoms with van der Waals surface area (Å²) in [6.07, 6.45) is 3.97. The first kappa shape index (κ1) is 8.24. The Morgan fingerprint density at radius 1 is 1.80 bits per heavy atom. The highest BCUT2D eigenvalue weighted by molar-refractivity contribution is 7.83. The summed E-state index contributed by atoms with van der Waals surface area (Å²) in [6, 6.07) is 0. The molecule has 0 saturated carbocycles. The van der Waals surface area contributed by atoms with Crippen LogP contribution < -0.4 is 0 Å². The minimum atomic E-state index is -1.76. The third kappa shape index (κ3) is 2.08. The molecule has 10 heavy (non-hydrogen) atoms. The molecule has 0 heterocycles. The van der Waals surface area contributed by atoms with Gasteiger partial charge in [-0.05, 0) is 19.3 Å². The topological polar surface area (TPSA) is 37.3 Å². The van der Waals surface area contributed by atoms with Gasteiger partial charge in [-0.1, -0.05) is 6.08 Å². The molecule has 1 rings (SSSR count). The van der Waals surface area contributed by atoms with Crippen molar-refractivity contribution in [3.8, 4) is 0 Å². The van der Waals surface area contributed by atoms with Crippen LogP contribution in [0, 0.1) is 0 Å². The molecule has 0 aliphatic heterocycles. The van der Waals surface area contributed by atoms with Crippen LogP contribution in [0.3, 0.4) is 0 Å². The van der Waals surface area contributed by atoms with Crippen LogP contribution in [-0.2, 0) is 11.1 Å². The van der Waals surface area contributed by atoms with Gasteiger partial charge in [0.1, 0.15) is 0 Å². The summed E-state index contributed by atoms with van der Waals surface area (Å²) in [5, 5.41) is 0.160. The Labute approximate surface area is 67.5 Å². The molecular weight excluding hydrogens is 172 g/mol. The second-order valence-corrected chi connectivity index (χ2v) is 3.93. The van der Waals surface area contributed by atoms with Crippen molar-refractivity contribution in [3.05, 3.63) is 11.0 Å². The van der Waals surface area contributed by atoms with E-state index in [0.717, 1.165) is 12.8 Å². The quantitative estimate of drug-likeness (QED) is 0.494. The predicted octanol–water partition coefficient (Wildman–Crippen LogP) is 1.88. The lowest BCUT2D eigenvalue weighted by Crippen LogP contribution is -2.06. The van der Waals surface area contributed by atoms with Gasteiger partial charge in [0, 0.05) is 10.3 Å². The zero-order chi connectivity index (χ0) is 7.56. The Bertz CT molecular complexity index is 179. The monoisotopic (exact) mass is 180 g/mol. The Balaban J connectivity index is 2.56. The summed E-state index contributed by atoms with van der Waals surface area (Å²) in [5.41, 5.74) is 0. The van der Waals surface area contributed by atoms with Gasteiger partial charge in [0.25, 0.3) is 0 Å². The Kier molecular flexibility index (Phi) is 2.89. The van der Waals surface area contributed by atoms with Gasteiger partial charge in [0.15, 0.2) is 11.1 Å². The highest BCUT2D eigenvalue weighted by Gasteiger charge is 2.14. The molecule has 0 aromatic heterocycles. The first-order valence-corrected chi connectivity index (χ1v) is 4.68. The van der Waals surface area contributed by atoms with Crippen LogP contribution in [0.15, 0.2) is 11.0 Å². The Hall–Kier alpha value is 0.140. The number of hydrogen-bond donors (Lipinski definition) is 1. The van der Waals surface area contributed by atoms with E-state index in [1.54, 1.807) is 6.08 Å². The molecule has 0 aromatic carbocycles. The highest BCUT2D eigenvalue weighted by Crippen LogP contribution is 2.23. The molecule has 0 radical (unpaired) electrons. The molecule has 0 bridgehead atoms. The zero-order valence-corrected chi connectivity index (χ0v) is 6.99. The fraction of sp³-hybridized carbons (Fsp3) is 0.667. The number of hydrogen-bond acceptors (Lipinski definition) is 1. The number of rotatable bonds is 1. The Morgan fingerprint density at radius 3 is 2.90 bits per heavy atom. The van der Waals surface area contributed by atoms with Gasteiger partial charge in [-0.2, -0.15) is 0 Å². The van der Waals surface area contributed by atoms with Crippen LogP contribution in [0.4, 0.5) is 0 Å². The van der Waals surface area contributed by atoms with Crippen molar-refractivity contribution in [3.63, 3.8) is 0 Å². The Morgan fingerprint density at radius 2 is 2.50 bits per heavy atom. The van der Waals surface area contributed by atoms with Crippen molar-refractivity contribution in [2.24, 2.45) is 0 Å². The number of halogens is 1. The standard InChI is InChI=1S/C6H9ClO2S/c7-5-1-3-6(4-2-5)10(8)9/h3,5H,1-2,4H2,(H,8,9). The summed E-state index contributed by atoms with van der Waals surface area (Å²) < 4.78 is 19.1. The van der Waals surface area contributed by atoms with E-state index in [4.69, 9.17) is 16.2 Å². The molecule has 4 heteroatoms. The average Bonchev–Trinajstić information content (AvgIpc) is 1.88. The maximum Gasteiger partial charge on any atom is 0.181 e. The summed E-state index contributed by atoms with van der Waals surface area (Å²) >= 11 is 4.00. The first-order chi connectivity index (χ1) is 4.70. The van der Waals surface area contributed by atoms with Crippen LogP contribution >= 0.6 is 11.6 Å². The van der Waals surface area contributed by atoms with E-state index in [2.05, 4.69) is 0 Å². The van der Waals surface area contributed by atoms with E-state index in [1.165, 1.54) is 0 Å². The fourth-order valence-corrected chi connectivity index (χ4v) is 1.67. The van der Waals surface area contributed by atoms with Gasteiger partial charge in [-0.25, -0.2) is 4.21 Å². The lowest BCUT2D eigenvalue weighted by molar-refractivity contribution is 0.565. The SMILES string of the molecule is O=S(O)C1=CCC(Cl)CC1. The van der Waals surface area contributed by atoms with E-state index in [-0.39, 0.29) is 5.38 Å². The molecule has 2 nitrogen and oxygen atoms in total. The molecule has 0 amide bonds. The number of alkyl halides is 1. The minimum Gasteiger partial charge on any atom is -0.302 e. The van der Waals surface area contributed by atoms with Crippen LogP contribution in [0.1, 0.15) is 19.3 Å². The van der Waals surface area contributed by atoms with Crippen LogP contribution in [-0.4, -0.2) is 14.1 Å². The maximum atomic E-state index is 10.5. The van der Waals surface area contributed by atoms with Crippen molar-refractivity contribution < 1.29 is 8.76 Å². The second-order valence-electron chi connectivity index (χ2n) is 2.29. The minimum absolute atomic E-state index is 0.160. The van der Waals surface area contributed by atoms with Crippen LogP contribution in [0.5, 0.6) is 0 Å². The predicted molar refractivity (Wildman–Crippen MR) is 42.3 cm³/mol. The van der Waals surface area contributed by atoms with Crippen LogP contribution in [0.25, 0.3) is 0 Å². The second kappa shape index (κ2) is 3.51. The summed E-state index contributed by atoms with van der Waals surface area (Å²) in [6.45, 7) is 0. The summed E-state index contributed by atoms with van der Waals surface area (Å²) in [4.78, 5) is 0.622. The smallest absolute Gasteiger partial charge is 0.181 e.